The van der Waals surface area contributed by atoms with Gasteiger partial charge in [0, 0.05) is 6.21 Å². The van der Waals surface area contributed by atoms with Crippen molar-refractivity contribution < 1.29 is 0 Å². The van der Waals surface area contributed by atoms with Gasteiger partial charge in [0.2, 0.25) is 5.95 Å². The van der Waals surface area contributed by atoms with Crippen LogP contribution in [0.4, 0.5) is 5.95 Å². The fraction of sp³-hybridized carbons (Fsp3) is 0.0769. The van der Waals surface area contributed by atoms with Gasteiger partial charge in [0.15, 0.2) is 0 Å². The monoisotopic (exact) mass is 207 g/mol. The normalized spacial score (nSPS) is 13.8. The van der Waals surface area contributed by atoms with Gasteiger partial charge >= 0.3 is 0 Å². The lowest BCUT2D eigenvalue weighted by Crippen LogP contribution is -1.91. The molecule has 0 atom stereocenters. The van der Waals surface area contributed by atoms with Gasteiger partial charge in [-0.3, -0.25) is 0 Å². The van der Waals surface area contributed by atoms with Crippen molar-refractivity contribution in [2.75, 3.05) is 0 Å². The number of nitrogens with zero attached hydrogens (tertiary/aromatic N) is 3. The van der Waals surface area contributed by atoms with Crippen molar-refractivity contribution in [3.8, 4) is 0 Å². The summed E-state index contributed by atoms with van der Waals surface area (Å²) in [6.07, 6.45) is 1.90. The van der Waals surface area contributed by atoms with E-state index in [1.54, 1.807) is 0 Å². The Labute approximate surface area is 92.1 Å². The van der Waals surface area contributed by atoms with Crippen LogP contribution < -0.4 is 0 Å². The average molecular weight is 207 g/mol. The van der Waals surface area contributed by atoms with E-state index in [-0.39, 0.29) is 0 Å². The van der Waals surface area contributed by atoms with Crippen LogP contribution in [0, 0.1) is 0 Å². The molecule has 0 amide bonds. The molecule has 4 rings (SSSR count). The Bertz CT molecular complexity index is 737. The van der Waals surface area contributed by atoms with Crippen LogP contribution in [0.5, 0.6) is 0 Å². The van der Waals surface area contributed by atoms with Gasteiger partial charge < -0.3 is 4.57 Å². The zero-order valence-corrected chi connectivity index (χ0v) is 8.59. The lowest BCUT2D eigenvalue weighted by Gasteiger charge is -1.99. The number of imidazole rings is 1. The molecule has 0 fully saturated rings. The summed E-state index contributed by atoms with van der Waals surface area (Å²) in [4.78, 5) is 8.76. The van der Waals surface area contributed by atoms with E-state index < -0.39 is 0 Å². The summed E-state index contributed by atoms with van der Waals surface area (Å²) in [6.45, 7) is 0.837. The molecule has 2 heterocycles. The number of aromatic nitrogens is 2. The Hall–Kier alpha value is -2.16. The average Bonchev–Trinajstić information content (AvgIpc) is 2.86. The lowest BCUT2D eigenvalue weighted by molar-refractivity contribution is 0.935. The molecule has 76 valence electrons. The lowest BCUT2D eigenvalue weighted by atomic mass is 10.1. The van der Waals surface area contributed by atoms with Crippen molar-refractivity contribution in [1.29, 1.82) is 0 Å². The quantitative estimate of drug-likeness (QED) is 0.557. The molecule has 2 aromatic carbocycles. The summed E-state index contributed by atoms with van der Waals surface area (Å²) >= 11 is 0. The van der Waals surface area contributed by atoms with Gasteiger partial charge in [-0.15, -0.1) is 0 Å². The first-order chi connectivity index (χ1) is 7.92. The van der Waals surface area contributed by atoms with E-state index in [1.165, 1.54) is 16.3 Å². The van der Waals surface area contributed by atoms with Crippen molar-refractivity contribution in [2.24, 2.45) is 4.99 Å². The summed E-state index contributed by atoms with van der Waals surface area (Å²) in [5.41, 5.74) is 2.21. The predicted molar refractivity (Wildman–Crippen MR) is 65.4 cm³/mol. The standard InChI is InChI=1S/C13H9N3/c1-2-4-10-8-12-11(7-9(10)3-1)15-13-14-5-6-16(12)13/h1-5,7-8H,6H2. The third-order valence-electron chi connectivity index (χ3n) is 3.07. The Morgan fingerprint density at radius 1 is 1.06 bits per heavy atom. The van der Waals surface area contributed by atoms with Crippen molar-refractivity contribution in [2.45, 2.75) is 6.54 Å². The fourth-order valence-electron chi connectivity index (χ4n) is 2.28. The molecule has 0 saturated heterocycles. The van der Waals surface area contributed by atoms with Gasteiger partial charge in [-0.25, -0.2) is 9.98 Å². The highest BCUT2D eigenvalue weighted by Crippen LogP contribution is 2.28. The van der Waals surface area contributed by atoms with Crippen molar-refractivity contribution >= 4 is 34.0 Å². The largest absolute Gasteiger partial charge is 0.303 e. The van der Waals surface area contributed by atoms with Gasteiger partial charge in [-0.2, -0.15) is 0 Å². The zero-order valence-electron chi connectivity index (χ0n) is 8.59. The van der Waals surface area contributed by atoms with Gasteiger partial charge in [0.25, 0.3) is 0 Å². The highest BCUT2D eigenvalue weighted by atomic mass is 15.2. The summed E-state index contributed by atoms with van der Waals surface area (Å²) in [6, 6.07) is 12.7. The number of aliphatic imine (C=N–C) groups is 1. The summed E-state index contributed by atoms with van der Waals surface area (Å²) in [5.74, 6) is 0.824. The van der Waals surface area contributed by atoms with E-state index in [4.69, 9.17) is 0 Å². The van der Waals surface area contributed by atoms with Crippen LogP contribution in [0.15, 0.2) is 41.4 Å². The first-order valence-electron chi connectivity index (χ1n) is 5.33. The van der Waals surface area contributed by atoms with Crippen LogP contribution in [0.2, 0.25) is 0 Å². The summed E-state index contributed by atoms with van der Waals surface area (Å²) in [5, 5.41) is 2.49. The summed E-state index contributed by atoms with van der Waals surface area (Å²) in [7, 11) is 0. The van der Waals surface area contributed by atoms with Gasteiger partial charge in [-0.1, -0.05) is 24.3 Å². The fourth-order valence-corrected chi connectivity index (χ4v) is 2.28. The molecule has 0 bridgehead atoms. The highest BCUT2D eigenvalue weighted by Gasteiger charge is 2.13. The molecular weight excluding hydrogens is 198 g/mol. The van der Waals surface area contributed by atoms with Crippen LogP contribution in [-0.4, -0.2) is 15.8 Å². The Morgan fingerprint density at radius 2 is 1.88 bits per heavy atom. The molecule has 1 aliphatic rings. The van der Waals surface area contributed by atoms with E-state index in [2.05, 4.69) is 50.9 Å². The third kappa shape index (κ3) is 0.922. The van der Waals surface area contributed by atoms with E-state index >= 15 is 0 Å². The van der Waals surface area contributed by atoms with Gasteiger partial charge in [0.05, 0.1) is 17.6 Å². The van der Waals surface area contributed by atoms with Crippen molar-refractivity contribution in [3.05, 3.63) is 36.4 Å². The van der Waals surface area contributed by atoms with Crippen LogP contribution in [0.3, 0.4) is 0 Å². The van der Waals surface area contributed by atoms with Gasteiger partial charge in [-0.05, 0) is 22.9 Å². The minimum Gasteiger partial charge on any atom is -0.303 e. The SMILES string of the molecule is C1=Nc2nc3cc4ccccc4cc3n2C1. The maximum absolute atomic E-state index is 4.51. The number of rotatable bonds is 0. The Kier molecular flexibility index (Phi) is 1.36. The first kappa shape index (κ1) is 8.05. The van der Waals surface area contributed by atoms with E-state index in [0.717, 1.165) is 18.0 Å². The Morgan fingerprint density at radius 3 is 2.75 bits per heavy atom. The smallest absolute Gasteiger partial charge is 0.230 e. The van der Waals surface area contributed by atoms with E-state index in [0.29, 0.717) is 0 Å². The molecule has 0 spiro atoms. The van der Waals surface area contributed by atoms with Crippen LogP contribution in [0.1, 0.15) is 0 Å². The second kappa shape index (κ2) is 2.70. The molecule has 0 unspecified atom stereocenters. The van der Waals surface area contributed by atoms with Gasteiger partial charge in [0.1, 0.15) is 0 Å². The molecule has 16 heavy (non-hydrogen) atoms. The molecule has 3 heteroatoms. The second-order valence-electron chi connectivity index (χ2n) is 4.02. The second-order valence-corrected chi connectivity index (χ2v) is 4.02. The molecule has 0 N–H and O–H groups in total. The van der Waals surface area contributed by atoms with E-state index in [1.807, 2.05) is 6.21 Å². The summed E-state index contributed by atoms with van der Waals surface area (Å²) < 4.78 is 2.14. The number of hydrogen-bond acceptors (Lipinski definition) is 2. The van der Waals surface area contributed by atoms with E-state index in [9.17, 15) is 0 Å². The number of benzene rings is 2. The minimum absolute atomic E-state index is 0.824. The minimum atomic E-state index is 0.824. The topological polar surface area (TPSA) is 30.2 Å². The van der Waals surface area contributed by atoms with Crippen molar-refractivity contribution in [1.82, 2.24) is 9.55 Å². The molecule has 1 aliphatic heterocycles. The molecule has 0 radical (unpaired) electrons. The Balaban J connectivity index is 2.20. The first-order valence-corrected chi connectivity index (χ1v) is 5.33. The molecule has 0 saturated carbocycles. The molecule has 3 nitrogen and oxygen atoms in total. The molecular formula is C13H9N3. The predicted octanol–water partition coefficient (Wildman–Crippen LogP) is 2.91. The molecule has 3 aromatic rings. The molecule has 0 aliphatic carbocycles. The number of hydrogen-bond donors (Lipinski definition) is 0. The molecule has 1 aromatic heterocycles. The third-order valence-corrected chi connectivity index (χ3v) is 3.07. The maximum atomic E-state index is 4.51. The maximum Gasteiger partial charge on any atom is 0.230 e. The zero-order chi connectivity index (χ0) is 10.5. The highest BCUT2D eigenvalue weighted by molar-refractivity contribution is 5.96. The number of fused-ring (bicyclic) bond motifs is 4. The van der Waals surface area contributed by atoms with Crippen molar-refractivity contribution in [3.63, 3.8) is 0 Å². The van der Waals surface area contributed by atoms with Crippen LogP contribution >= 0.6 is 0 Å². The van der Waals surface area contributed by atoms with Crippen LogP contribution in [-0.2, 0) is 6.54 Å². The van der Waals surface area contributed by atoms with Crippen LogP contribution in [0.25, 0.3) is 21.8 Å².